The number of rotatable bonds is 6. The van der Waals surface area contributed by atoms with Gasteiger partial charge in [-0.05, 0) is 12.2 Å². The lowest BCUT2D eigenvalue weighted by Gasteiger charge is -2.32. The molecule has 2 unspecified atom stereocenters. The number of carboxylic acid groups (broad SMARTS) is 4. The van der Waals surface area contributed by atoms with Crippen molar-refractivity contribution in [3.63, 3.8) is 0 Å². The van der Waals surface area contributed by atoms with Gasteiger partial charge >= 0.3 is 23.9 Å². The van der Waals surface area contributed by atoms with E-state index in [-0.39, 0.29) is 0 Å². The number of hydrogen-bond acceptors (Lipinski definition) is 4. The van der Waals surface area contributed by atoms with E-state index in [0.29, 0.717) is 0 Å². The molecule has 0 spiro atoms. The Kier molecular flexibility index (Phi) is 6.96. The molecule has 18 heteroatoms. The number of alkyl halides is 2. The van der Waals surface area contributed by atoms with Gasteiger partial charge in [0.1, 0.15) is 33.9 Å². The minimum Gasteiger partial charge on any atom is -0.478 e. The molecule has 0 fully saturated rings. The average Bonchev–Trinajstić information content (AvgIpc) is 2.84. The molecule has 1 aliphatic carbocycles. The fourth-order valence-electron chi connectivity index (χ4n) is 3.84. The Balaban J connectivity index is 2.43. The highest BCUT2D eigenvalue weighted by Crippen LogP contribution is 2.53. The fraction of sp³-hybridized carbons (Fsp3) is 0.0909. The molecule has 0 amide bonds. The summed E-state index contributed by atoms with van der Waals surface area (Å²) in [6.07, 6.45) is -1.58. The van der Waals surface area contributed by atoms with Gasteiger partial charge in [0.25, 0.3) is 0 Å². The maximum Gasteiger partial charge on any atom is 0.339 e. The van der Waals surface area contributed by atoms with Gasteiger partial charge in [0.2, 0.25) is 11.3 Å². The van der Waals surface area contributed by atoms with Crippen LogP contribution in [0.4, 0.5) is 43.9 Å². The van der Waals surface area contributed by atoms with E-state index in [2.05, 4.69) is 0 Å². The van der Waals surface area contributed by atoms with E-state index in [1.165, 1.54) is 0 Å². The van der Waals surface area contributed by atoms with Gasteiger partial charge in [0.15, 0.2) is 34.9 Å². The van der Waals surface area contributed by atoms with E-state index in [1.807, 2.05) is 0 Å². The molecule has 0 heterocycles. The molecule has 0 aliphatic heterocycles. The van der Waals surface area contributed by atoms with E-state index in [4.69, 9.17) is 20.4 Å². The van der Waals surface area contributed by atoms with Gasteiger partial charge in [-0.15, -0.1) is 0 Å². The zero-order valence-electron chi connectivity index (χ0n) is 18.4. The molecule has 0 aromatic heterocycles. The van der Waals surface area contributed by atoms with Crippen LogP contribution in [0.15, 0.2) is 23.8 Å². The van der Waals surface area contributed by atoms with E-state index in [1.54, 1.807) is 0 Å². The smallest absolute Gasteiger partial charge is 0.339 e. The van der Waals surface area contributed by atoms with E-state index in [9.17, 15) is 54.3 Å². The van der Waals surface area contributed by atoms with Crippen molar-refractivity contribution in [2.45, 2.75) is 11.3 Å². The van der Waals surface area contributed by atoms with Crippen molar-refractivity contribution in [2.75, 3.05) is 0 Å². The van der Waals surface area contributed by atoms with Crippen LogP contribution >= 0.6 is 0 Å². The first kappa shape index (κ1) is 29.7. The molecule has 0 radical (unpaired) electrons. The lowest BCUT2D eigenvalue weighted by Crippen LogP contribution is -2.35. The molecular weight excluding hydrogens is 582 g/mol. The van der Waals surface area contributed by atoms with Gasteiger partial charge in [-0.25, -0.2) is 63.1 Å². The van der Waals surface area contributed by atoms with Crippen LogP contribution in [-0.2, 0) is 11.3 Å². The minimum atomic E-state index is -4.90. The Bertz CT molecular complexity index is 1520. The maximum absolute atomic E-state index is 15.6. The first-order chi connectivity index (χ1) is 18.3. The molecule has 0 bridgehead atoms. The lowest BCUT2D eigenvalue weighted by atomic mass is 9.79. The van der Waals surface area contributed by atoms with Crippen LogP contribution in [0.5, 0.6) is 0 Å². The second-order valence-electron chi connectivity index (χ2n) is 7.74. The van der Waals surface area contributed by atoms with Crippen molar-refractivity contribution in [1.82, 2.24) is 0 Å². The van der Waals surface area contributed by atoms with Gasteiger partial charge in [-0.2, -0.15) is 0 Å². The summed E-state index contributed by atoms with van der Waals surface area (Å²) in [6.45, 7) is 0. The van der Waals surface area contributed by atoms with Gasteiger partial charge in [-0.1, -0.05) is 0 Å². The molecule has 40 heavy (non-hydrogen) atoms. The van der Waals surface area contributed by atoms with Gasteiger partial charge in [0, 0.05) is 0 Å². The topological polar surface area (TPSA) is 149 Å². The molecular formula is C22H6F10O8. The van der Waals surface area contributed by atoms with Crippen LogP contribution < -0.4 is 0 Å². The summed E-state index contributed by atoms with van der Waals surface area (Å²) in [5.41, 5.74) is -24.3. The zero-order valence-corrected chi connectivity index (χ0v) is 18.4. The van der Waals surface area contributed by atoms with Crippen molar-refractivity contribution in [3.05, 3.63) is 92.1 Å². The third-order valence-electron chi connectivity index (χ3n) is 5.60. The van der Waals surface area contributed by atoms with Crippen molar-refractivity contribution in [2.24, 2.45) is 0 Å². The lowest BCUT2D eigenvalue weighted by molar-refractivity contribution is 0.0638. The molecule has 2 aromatic rings. The molecule has 2 atom stereocenters. The van der Waals surface area contributed by atoms with Gasteiger partial charge in [0.05, 0.1) is 11.1 Å². The van der Waals surface area contributed by atoms with Crippen molar-refractivity contribution >= 4 is 23.9 Å². The summed E-state index contributed by atoms with van der Waals surface area (Å²) in [5, 5.41) is 35.8. The normalized spacial score (nSPS) is 20.6. The third-order valence-corrected chi connectivity index (χ3v) is 5.60. The van der Waals surface area contributed by atoms with Crippen LogP contribution in [-0.4, -0.2) is 44.3 Å². The standard InChI is InChI=1S/C22H6F10O8/c23-9-3(17(33)34)5(19(37)38)11(25)13(27)7(9)21(31)1-2-22(32,16(30)15(21)29)8-10(24)4(18(35)36)6(20(39)40)12(26)14(8)28/h1-2H,(H,33,34)(H,35,36)(H,37,38)(H,39,40). The Labute approximate surface area is 211 Å². The quantitative estimate of drug-likeness (QED) is 0.208. The van der Waals surface area contributed by atoms with E-state index >= 15 is 8.78 Å². The number of halogens is 10. The number of allylic oxidation sites excluding steroid dienone is 4. The number of carbonyl (C=O) groups is 4. The predicted molar refractivity (Wildman–Crippen MR) is 104 cm³/mol. The minimum absolute atomic E-state index is 0.791. The highest BCUT2D eigenvalue weighted by atomic mass is 19.2. The molecule has 0 saturated carbocycles. The summed E-state index contributed by atoms with van der Waals surface area (Å²) in [6, 6.07) is 0. The van der Waals surface area contributed by atoms with Crippen molar-refractivity contribution in [1.29, 1.82) is 0 Å². The molecule has 4 N–H and O–H groups in total. The Hall–Kier alpha value is -4.90. The van der Waals surface area contributed by atoms with Crippen molar-refractivity contribution < 1.29 is 83.5 Å². The molecule has 2 aromatic carbocycles. The number of aromatic carboxylic acids is 4. The molecule has 8 nitrogen and oxygen atoms in total. The van der Waals surface area contributed by atoms with E-state index in [0.717, 1.165) is 0 Å². The molecule has 0 saturated heterocycles. The molecule has 3 rings (SSSR count). The average molecular weight is 588 g/mol. The molecule has 1 aliphatic rings. The maximum atomic E-state index is 15.6. The summed E-state index contributed by atoms with van der Waals surface area (Å²) in [5.74, 6) is -34.7. The first-order valence-corrected chi connectivity index (χ1v) is 9.76. The first-order valence-electron chi connectivity index (χ1n) is 9.76. The Morgan fingerprint density at radius 1 is 0.450 bits per heavy atom. The number of benzene rings is 2. The van der Waals surface area contributed by atoms with Crippen LogP contribution in [0.1, 0.15) is 52.6 Å². The SMILES string of the molecule is O=C(O)c1c(F)c(F)c(C2(F)C=CC(F)(c3c(F)c(F)c(C(=O)O)c(C(=O)O)c3F)C(F)=C2F)c(F)c1C(=O)O. The van der Waals surface area contributed by atoms with Gasteiger partial charge < -0.3 is 20.4 Å². The highest BCUT2D eigenvalue weighted by molar-refractivity contribution is 6.03. The Morgan fingerprint density at radius 2 is 0.675 bits per heavy atom. The van der Waals surface area contributed by atoms with Crippen LogP contribution in [0.25, 0.3) is 0 Å². The number of hydrogen-bond donors (Lipinski definition) is 4. The van der Waals surface area contributed by atoms with Crippen LogP contribution in [0, 0.1) is 34.9 Å². The van der Waals surface area contributed by atoms with Gasteiger partial charge in [-0.3, -0.25) is 0 Å². The summed E-state index contributed by atoms with van der Waals surface area (Å²) >= 11 is 0. The molecule has 212 valence electrons. The van der Waals surface area contributed by atoms with E-state index < -0.39 is 127 Å². The predicted octanol–water partition coefficient (Wildman–Crippen LogP) is 5.06. The monoisotopic (exact) mass is 588 g/mol. The highest BCUT2D eigenvalue weighted by Gasteiger charge is 2.56. The summed E-state index contributed by atoms with van der Waals surface area (Å²) in [7, 11) is 0. The van der Waals surface area contributed by atoms with Crippen molar-refractivity contribution in [3.8, 4) is 0 Å². The summed E-state index contributed by atoms with van der Waals surface area (Å²) in [4.78, 5) is 44.7. The van der Waals surface area contributed by atoms with Crippen LogP contribution in [0.2, 0.25) is 0 Å². The summed E-state index contributed by atoms with van der Waals surface area (Å²) < 4.78 is 149. The number of carboxylic acids is 4. The second-order valence-corrected chi connectivity index (χ2v) is 7.74. The largest absolute Gasteiger partial charge is 0.478 e. The third kappa shape index (κ3) is 3.85. The van der Waals surface area contributed by atoms with Crippen LogP contribution in [0.3, 0.4) is 0 Å². The Morgan fingerprint density at radius 3 is 0.900 bits per heavy atom. The zero-order chi connectivity index (χ0) is 30.8. The second kappa shape index (κ2) is 9.38. The fourth-order valence-corrected chi connectivity index (χ4v) is 3.84.